The Balaban J connectivity index is 0.000000413. The molecule has 5 nitrogen and oxygen atoms in total. The Morgan fingerprint density at radius 3 is 2.00 bits per heavy atom. The van der Waals surface area contributed by atoms with E-state index in [-0.39, 0.29) is 0 Å². The van der Waals surface area contributed by atoms with Crippen molar-refractivity contribution in [1.29, 1.82) is 0 Å². The highest BCUT2D eigenvalue weighted by molar-refractivity contribution is 6.27. The second-order valence-corrected chi connectivity index (χ2v) is 5.54. The summed E-state index contributed by atoms with van der Waals surface area (Å²) in [6, 6.07) is 19.4. The van der Waals surface area contributed by atoms with E-state index in [0.29, 0.717) is 5.92 Å². The van der Waals surface area contributed by atoms with Crippen LogP contribution in [0.1, 0.15) is 29.5 Å². The van der Waals surface area contributed by atoms with E-state index in [1.807, 2.05) is 0 Å². The standard InChI is InChI=1S/C17H21N.C2H2O4/c1-14-8-10-16(11-9-14)13-18-12-15(2)17-6-4-3-5-7-17;3-1(4)2(5)6/h3-11,15,18H,12-13H2,1-2H3;(H,3,4)(H,5,6). The summed E-state index contributed by atoms with van der Waals surface area (Å²) in [4.78, 5) is 18.2. The minimum atomic E-state index is -1.82. The van der Waals surface area contributed by atoms with Gasteiger partial charge in [0.25, 0.3) is 0 Å². The van der Waals surface area contributed by atoms with Gasteiger partial charge in [-0.2, -0.15) is 0 Å². The minimum absolute atomic E-state index is 0.552. The van der Waals surface area contributed by atoms with Gasteiger partial charge in [-0.1, -0.05) is 67.1 Å². The summed E-state index contributed by atoms with van der Waals surface area (Å²) in [6.07, 6.45) is 0. The van der Waals surface area contributed by atoms with E-state index in [1.165, 1.54) is 16.7 Å². The molecule has 0 aliphatic heterocycles. The van der Waals surface area contributed by atoms with E-state index in [2.05, 4.69) is 73.8 Å². The Bertz CT molecular complexity index is 626. The Hall–Kier alpha value is -2.66. The van der Waals surface area contributed by atoms with Gasteiger partial charge in [0.1, 0.15) is 0 Å². The highest BCUT2D eigenvalue weighted by Crippen LogP contribution is 2.13. The molecule has 2 aromatic carbocycles. The van der Waals surface area contributed by atoms with Crippen LogP contribution < -0.4 is 5.32 Å². The van der Waals surface area contributed by atoms with Gasteiger partial charge in [0.05, 0.1) is 0 Å². The largest absolute Gasteiger partial charge is 0.473 e. The lowest BCUT2D eigenvalue weighted by Crippen LogP contribution is -2.19. The van der Waals surface area contributed by atoms with Crippen molar-refractivity contribution in [3.05, 3.63) is 71.3 Å². The third-order valence-electron chi connectivity index (χ3n) is 3.45. The van der Waals surface area contributed by atoms with Crippen molar-refractivity contribution in [2.24, 2.45) is 0 Å². The Morgan fingerprint density at radius 1 is 0.958 bits per heavy atom. The molecule has 1 unspecified atom stereocenters. The summed E-state index contributed by atoms with van der Waals surface area (Å²) in [5.41, 5.74) is 4.06. The molecule has 0 amide bonds. The third-order valence-corrected chi connectivity index (χ3v) is 3.45. The number of benzene rings is 2. The fraction of sp³-hybridized carbons (Fsp3) is 0.263. The summed E-state index contributed by atoms with van der Waals surface area (Å²) >= 11 is 0. The van der Waals surface area contributed by atoms with E-state index in [4.69, 9.17) is 19.8 Å². The predicted octanol–water partition coefficient (Wildman–Crippen LogP) is 3.04. The maximum Gasteiger partial charge on any atom is 0.414 e. The van der Waals surface area contributed by atoms with Crippen LogP contribution in [-0.2, 0) is 16.1 Å². The molecule has 2 aromatic rings. The van der Waals surface area contributed by atoms with Crippen LogP contribution in [0.4, 0.5) is 0 Å². The normalized spacial score (nSPS) is 11.1. The first-order valence-corrected chi connectivity index (χ1v) is 7.67. The van der Waals surface area contributed by atoms with Crippen LogP contribution in [0.25, 0.3) is 0 Å². The molecule has 0 heterocycles. The van der Waals surface area contributed by atoms with Crippen molar-refractivity contribution in [1.82, 2.24) is 5.32 Å². The number of aliphatic carboxylic acids is 2. The van der Waals surface area contributed by atoms with Gasteiger partial charge in [-0.25, -0.2) is 9.59 Å². The van der Waals surface area contributed by atoms with Crippen LogP contribution in [0.5, 0.6) is 0 Å². The first-order valence-electron chi connectivity index (χ1n) is 7.67. The Kier molecular flexibility index (Phi) is 8.22. The first kappa shape index (κ1) is 19.4. The molecule has 0 aromatic heterocycles. The van der Waals surface area contributed by atoms with Crippen molar-refractivity contribution in [2.75, 3.05) is 6.54 Å². The lowest BCUT2D eigenvalue weighted by molar-refractivity contribution is -0.159. The lowest BCUT2D eigenvalue weighted by atomic mass is 10.0. The Morgan fingerprint density at radius 2 is 1.50 bits per heavy atom. The minimum Gasteiger partial charge on any atom is -0.473 e. The van der Waals surface area contributed by atoms with Gasteiger partial charge >= 0.3 is 11.9 Å². The second-order valence-electron chi connectivity index (χ2n) is 5.54. The molecule has 0 fully saturated rings. The van der Waals surface area contributed by atoms with E-state index >= 15 is 0 Å². The van der Waals surface area contributed by atoms with Crippen molar-refractivity contribution in [3.63, 3.8) is 0 Å². The van der Waals surface area contributed by atoms with Crippen LogP contribution in [0, 0.1) is 6.92 Å². The molecule has 128 valence electrons. The number of hydrogen-bond donors (Lipinski definition) is 3. The zero-order valence-electron chi connectivity index (χ0n) is 13.9. The summed E-state index contributed by atoms with van der Waals surface area (Å²) in [5.74, 6) is -3.10. The van der Waals surface area contributed by atoms with Gasteiger partial charge in [-0.3, -0.25) is 0 Å². The van der Waals surface area contributed by atoms with Crippen LogP contribution in [-0.4, -0.2) is 28.7 Å². The predicted molar refractivity (Wildman–Crippen MR) is 93.0 cm³/mol. The average Bonchev–Trinajstić information content (AvgIpc) is 2.58. The van der Waals surface area contributed by atoms with Crippen molar-refractivity contribution < 1.29 is 19.8 Å². The molecular formula is C19H23NO4. The molecule has 0 spiro atoms. The second kappa shape index (κ2) is 10.2. The molecule has 0 radical (unpaired) electrons. The van der Waals surface area contributed by atoms with Gasteiger partial charge < -0.3 is 15.5 Å². The number of carboxylic acids is 2. The fourth-order valence-corrected chi connectivity index (χ4v) is 2.04. The summed E-state index contributed by atoms with van der Waals surface area (Å²) in [7, 11) is 0. The number of nitrogens with one attached hydrogen (secondary N) is 1. The number of aryl methyl sites for hydroxylation is 1. The molecule has 3 N–H and O–H groups in total. The molecule has 5 heteroatoms. The maximum absolute atomic E-state index is 9.10. The van der Waals surface area contributed by atoms with Crippen LogP contribution in [0.15, 0.2) is 54.6 Å². The van der Waals surface area contributed by atoms with Gasteiger partial charge in [0.15, 0.2) is 0 Å². The van der Waals surface area contributed by atoms with Crippen LogP contribution >= 0.6 is 0 Å². The highest BCUT2D eigenvalue weighted by atomic mass is 16.4. The van der Waals surface area contributed by atoms with Crippen molar-refractivity contribution in [2.45, 2.75) is 26.3 Å². The van der Waals surface area contributed by atoms with E-state index in [0.717, 1.165) is 13.1 Å². The molecule has 24 heavy (non-hydrogen) atoms. The summed E-state index contributed by atoms with van der Waals surface area (Å²) in [6.45, 7) is 6.33. The molecule has 1 atom stereocenters. The van der Waals surface area contributed by atoms with E-state index in [9.17, 15) is 0 Å². The molecule has 0 bridgehead atoms. The number of carboxylic acid groups (broad SMARTS) is 2. The van der Waals surface area contributed by atoms with Crippen molar-refractivity contribution in [3.8, 4) is 0 Å². The number of hydrogen-bond acceptors (Lipinski definition) is 3. The average molecular weight is 329 g/mol. The zero-order valence-corrected chi connectivity index (χ0v) is 13.9. The summed E-state index contributed by atoms with van der Waals surface area (Å²) < 4.78 is 0. The number of rotatable bonds is 5. The van der Waals surface area contributed by atoms with Crippen LogP contribution in [0.2, 0.25) is 0 Å². The molecule has 2 rings (SSSR count). The van der Waals surface area contributed by atoms with Gasteiger partial charge in [-0.05, 0) is 24.0 Å². The SMILES string of the molecule is Cc1ccc(CNCC(C)c2ccccc2)cc1.O=C(O)C(=O)O. The van der Waals surface area contributed by atoms with Crippen molar-refractivity contribution >= 4 is 11.9 Å². The quantitative estimate of drug-likeness (QED) is 0.734. The lowest BCUT2D eigenvalue weighted by Gasteiger charge is -2.13. The molecule has 0 saturated carbocycles. The van der Waals surface area contributed by atoms with Gasteiger partial charge in [0.2, 0.25) is 0 Å². The Labute approximate surface area is 142 Å². The zero-order chi connectivity index (χ0) is 17.9. The highest BCUT2D eigenvalue weighted by Gasteiger charge is 2.04. The molecule has 0 aliphatic rings. The van der Waals surface area contributed by atoms with E-state index in [1.54, 1.807) is 0 Å². The fourth-order valence-electron chi connectivity index (χ4n) is 2.04. The summed E-state index contributed by atoms with van der Waals surface area (Å²) in [5, 5.41) is 18.3. The number of carbonyl (C=O) groups is 2. The first-order chi connectivity index (χ1) is 11.4. The third kappa shape index (κ3) is 7.56. The molecule has 0 aliphatic carbocycles. The van der Waals surface area contributed by atoms with E-state index < -0.39 is 11.9 Å². The van der Waals surface area contributed by atoms with Gasteiger partial charge in [0, 0.05) is 13.1 Å². The topological polar surface area (TPSA) is 86.6 Å². The van der Waals surface area contributed by atoms with Crippen LogP contribution in [0.3, 0.4) is 0 Å². The molecular weight excluding hydrogens is 306 g/mol. The molecule has 0 saturated heterocycles. The smallest absolute Gasteiger partial charge is 0.414 e. The maximum atomic E-state index is 9.10. The monoisotopic (exact) mass is 329 g/mol. The van der Waals surface area contributed by atoms with Gasteiger partial charge in [-0.15, -0.1) is 0 Å².